The number of sulfonamides is 1. The number of amides is 1. The van der Waals surface area contributed by atoms with Gasteiger partial charge in [-0.2, -0.15) is 5.26 Å². The van der Waals surface area contributed by atoms with Crippen LogP contribution in [0.5, 0.6) is 0 Å². The molecule has 2 atom stereocenters. The van der Waals surface area contributed by atoms with Crippen molar-refractivity contribution >= 4 is 39.2 Å². The Hall–Kier alpha value is -2.97. The summed E-state index contributed by atoms with van der Waals surface area (Å²) in [6.07, 6.45) is 0.250. The summed E-state index contributed by atoms with van der Waals surface area (Å²) in [5, 5.41) is 11.3. The first-order valence-corrected chi connectivity index (χ1v) is 12.0. The van der Waals surface area contributed by atoms with E-state index in [1.54, 1.807) is 12.1 Å². The fourth-order valence-corrected chi connectivity index (χ4v) is 4.67. The van der Waals surface area contributed by atoms with E-state index in [1.165, 1.54) is 31.2 Å². The highest BCUT2D eigenvalue weighted by Gasteiger charge is 2.25. The van der Waals surface area contributed by atoms with Gasteiger partial charge in [-0.1, -0.05) is 11.6 Å². The smallest absolute Gasteiger partial charge is 0.338 e. The summed E-state index contributed by atoms with van der Waals surface area (Å²) in [4.78, 5) is 24.6. The molecule has 1 amide bonds. The third-order valence-electron chi connectivity index (χ3n) is 4.92. The van der Waals surface area contributed by atoms with Gasteiger partial charge in [-0.25, -0.2) is 17.9 Å². The van der Waals surface area contributed by atoms with Gasteiger partial charge in [0, 0.05) is 18.8 Å². The molecule has 0 aromatic heterocycles. The zero-order valence-electron chi connectivity index (χ0n) is 17.7. The molecule has 0 radical (unpaired) electrons. The van der Waals surface area contributed by atoms with Crippen molar-refractivity contribution in [3.63, 3.8) is 0 Å². The minimum atomic E-state index is -4.00. The van der Waals surface area contributed by atoms with Gasteiger partial charge in [0.15, 0.2) is 6.10 Å². The minimum absolute atomic E-state index is 0.0574. The normalized spacial score (nSPS) is 16.6. The summed E-state index contributed by atoms with van der Waals surface area (Å²) < 4.78 is 38.4. The summed E-state index contributed by atoms with van der Waals surface area (Å²) >= 11 is 6.06. The molecule has 2 N–H and O–H groups in total. The van der Waals surface area contributed by atoms with Crippen LogP contribution in [-0.2, 0) is 24.3 Å². The summed E-state index contributed by atoms with van der Waals surface area (Å²) in [7, 11) is -4.00. The zero-order valence-corrected chi connectivity index (χ0v) is 19.3. The van der Waals surface area contributed by atoms with Gasteiger partial charge in [-0.05, 0) is 62.2 Å². The van der Waals surface area contributed by atoms with E-state index in [-0.39, 0.29) is 28.1 Å². The van der Waals surface area contributed by atoms with Crippen LogP contribution in [-0.4, -0.2) is 45.7 Å². The number of ether oxygens (including phenoxy) is 2. The van der Waals surface area contributed by atoms with Crippen LogP contribution in [0.25, 0.3) is 0 Å². The van der Waals surface area contributed by atoms with Gasteiger partial charge in [-0.3, -0.25) is 4.79 Å². The number of hydrogen-bond acceptors (Lipinski definition) is 7. The molecule has 1 saturated heterocycles. The molecule has 1 heterocycles. The maximum atomic E-state index is 12.7. The zero-order chi connectivity index (χ0) is 24.0. The first-order chi connectivity index (χ1) is 15.7. The van der Waals surface area contributed by atoms with Crippen LogP contribution < -0.4 is 10.0 Å². The second kappa shape index (κ2) is 10.8. The number of hydrogen-bond donors (Lipinski definition) is 2. The first-order valence-electron chi connectivity index (χ1n) is 10.1. The Kier molecular flexibility index (Phi) is 8.05. The van der Waals surface area contributed by atoms with Crippen LogP contribution in [0.4, 0.5) is 5.69 Å². The van der Waals surface area contributed by atoms with Crippen molar-refractivity contribution in [2.45, 2.75) is 36.9 Å². The molecule has 1 fully saturated rings. The quantitative estimate of drug-likeness (QED) is 0.542. The van der Waals surface area contributed by atoms with Gasteiger partial charge in [0.1, 0.15) is 4.90 Å². The second-order valence-corrected chi connectivity index (χ2v) is 9.50. The number of nitrogens with zero attached hydrogens (tertiary/aromatic N) is 1. The largest absolute Gasteiger partial charge is 0.449 e. The third-order valence-corrected chi connectivity index (χ3v) is 6.82. The number of carbonyl (C=O) groups excluding carboxylic acids is 2. The summed E-state index contributed by atoms with van der Waals surface area (Å²) in [6.45, 7) is 2.07. The fraction of sp³-hybridized carbons (Fsp3) is 0.318. The molecule has 1 aliphatic rings. The number of halogens is 1. The monoisotopic (exact) mass is 491 g/mol. The van der Waals surface area contributed by atoms with E-state index in [4.69, 9.17) is 26.3 Å². The van der Waals surface area contributed by atoms with Crippen LogP contribution in [0.1, 0.15) is 35.7 Å². The molecule has 2 aromatic rings. The highest BCUT2D eigenvalue weighted by atomic mass is 35.5. The highest BCUT2D eigenvalue weighted by Crippen LogP contribution is 2.24. The summed E-state index contributed by atoms with van der Waals surface area (Å²) in [5.41, 5.74) is 0.792. The SMILES string of the molecule is CC(OC(=O)c1ccc(Cl)c(S(=O)(=O)NCC2CCCO2)c1)C(=O)Nc1ccc(C#N)cc1. The molecule has 1 aliphatic heterocycles. The lowest BCUT2D eigenvalue weighted by molar-refractivity contribution is -0.123. The van der Waals surface area contributed by atoms with Crippen LogP contribution in [0.2, 0.25) is 5.02 Å². The van der Waals surface area contributed by atoms with Gasteiger partial charge in [-0.15, -0.1) is 0 Å². The Labute approximate surface area is 196 Å². The fourth-order valence-electron chi connectivity index (χ4n) is 3.08. The number of esters is 1. The number of carbonyl (C=O) groups is 2. The molecule has 2 aromatic carbocycles. The maximum Gasteiger partial charge on any atom is 0.338 e. The van der Waals surface area contributed by atoms with Crippen molar-refractivity contribution in [3.8, 4) is 6.07 Å². The Morgan fingerprint density at radius 3 is 2.64 bits per heavy atom. The lowest BCUT2D eigenvalue weighted by Crippen LogP contribution is -2.32. The second-order valence-electron chi connectivity index (χ2n) is 7.36. The number of anilines is 1. The van der Waals surface area contributed by atoms with Crippen LogP contribution in [0, 0.1) is 11.3 Å². The van der Waals surface area contributed by atoms with E-state index in [2.05, 4.69) is 10.0 Å². The summed E-state index contributed by atoms with van der Waals surface area (Å²) in [6, 6.07) is 11.8. The van der Waals surface area contributed by atoms with E-state index in [9.17, 15) is 18.0 Å². The van der Waals surface area contributed by atoms with E-state index in [1.807, 2.05) is 6.07 Å². The Bertz CT molecular complexity index is 1170. The highest BCUT2D eigenvalue weighted by molar-refractivity contribution is 7.89. The molecule has 0 spiro atoms. The number of nitriles is 1. The lowest BCUT2D eigenvalue weighted by atomic mass is 10.2. The van der Waals surface area contributed by atoms with Crippen molar-refractivity contribution in [1.82, 2.24) is 4.72 Å². The van der Waals surface area contributed by atoms with Gasteiger partial charge in [0.2, 0.25) is 10.0 Å². The molecule has 0 bridgehead atoms. The van der Waals surface area contributed by atoms with Gasteiger partial charge >= 0.3 is 5.97 Å². The molecule has 11 heteroatoms. The Morgan fingerprint density at radius 2 is 2.00 bits per heavy atom. The molecule has 2 unspecified atom stereocenters. The van der Waals surface area contributed by atoms with E-state index in [0.717, 1.165) is 18.9 Å². The van der Waals surface area contributed by atoms with Crippen LogP contribution >= 0.6 is 11.6 Å². The lowest BCUT2D eigenvalue weighted by Gasteiger charge is -2.15. The number of rotatable bonds is 8. The van der Waals surface area contributed by atoms with E-state index >= 15 is 0 Å². The molecular weight excluding hydrogens is 470 g/mol. The first kappa shape index (κ1) is 24.7. The third kappa shape index (κ3) is 6.52. The maximum absolute atomic E-state index is 12.7. The van der Waals surface area contributed by atoms with Gasteiger partial charge < -0.3 is 14.8 Å². The molecule has 9 nitrogen and oxygen atoms in total. The van der Waals surface area contributed by atoms with Gasteiger partial charge in [0.05, 0.1) is 28.3 Å². The van der Waals surface area contributed by atoms with Crippen molar-refractivity contribution < 1.29 is 27.5 Å². The van der Waals surface area contributed by atoms with Crippen molar-refractivity contribution in [1.29, 1.82) is 5.26 Å². The number of benzene rings is 2. The molecule has 0 aliphatic carbocycles. The Morgan fingerprint density at radius 1 is 1.27 bits per heavy atom. The Balaban J connectivity index is 1.65. The van der Waals surface area contributed by atoms with Crippen LogP contribution in [0.15, 0.2) is 47.4 Å². The molecule has 0 saturated carbocycles. The van der Waals surface area contributed by atoms with Crippen molar-refractivity contribution in [3.05, 3.63) is 58.6 Å². The predicted octanol–water partition coefficient (Wildman–Crippen LogP) is 2.85. The van der Waals surface area contributed by atoms with E-state index in [0.29, 0.717) is 17.9 Å². The average Bonchev–Trinajstić information content (AvgIpc) is 3.32. The standard InChI is InChI=1S/C22H22ClN3O6S/c1-14(21(27)26-17-7-4-15(12-24)5-8-17)32-22(28)16-6-9-19(23)20(11-16)33(29,30)25-13-18-3-2-10-31-18/h4-9,11,14,18,25H,2-3,10,13H2,1H3,(H,26,27). The van der Waals surface area contributed by atoms with Crippen molar-refractivity contribution in [2.75, 3.05) is 18.5 Å². The van der Waals surface area contributed by atoms with Gasteiger partial charge in [0.25, 0.3) is 5.91 Å². The molecule has 3 rings (SSSR count). The predicted molar refractivity (Wildman–Crippen MR) is 120 cm³/mol. The molecular formula is C22H22ClN3O6S. The van der Waals surface area contributed by atoms with E-state index < -0.39 is 28.0 Å². The molecule has 33 heavy (non-hydrogen) atoms. The minimum Gasteiger partial charge on any atom is -0.449 e. The summed E-state index contributed by atoms with van der Waals surface area (Å²) in [5.74, 6) is -1.47. The number of nitrogens with one attached hydrogen (secondary N) is 2. The topological polar surface area (TPSA) is 135 Å². The van der Waals surface area contributed by atoms with Crippen LogP contribution in [0.3, 0.4) is 0 Å². The average molecular weight is 492 g/mol. The molecule has 174 valence electrons. The van der Waals surface area contributed by atoms with Crippen molar-refractivity contribution in [2.24, 2.45) is 0 Å².